The third-order valence-electron chi connectivity index (χ3n) is 4.75. The zero-order valence-electron chi connectivity index (χ0n) is 12.9. The van der Waals surface area contributed by atoms with Gasteiger partial charge in [0.15, 0.2) is 0 Å². The van der Waals surface area contributed by atoms with Gasteiger partial charge in [-0.1, -0.05) is 30.3 Å². The number of benzene rings is 1. The van der Waals surface area contributed by atoms with E-state index in [1.807, 2.05) is 11.0 Å². The second-order valence-electron chi connectivity index (χ2n) is 6.12. The van der Waals surface area contributed by atoms with Crippen LogP contribution >= 0.6 is 0 Å². The molecule has 3 heterocycles. The Bertz CT molecular complexity index is 656. The van der Waals surface area contributed by atoms with Crippen LogP contribution in [-0.2, 0) is 4.74 Å². The molecule has 0 radical (unpaired) electrons. The van der Waals surface area contributed by atoms with Crippen LogP contribution in [0.3, 0.4) is 0 Å². The minimum absolute atomic E-state index is 0.0419. The number of morpholine rings is 1. The van der Waals surface area contributed by atoms with Crippen LogP contribution in [0.1, 0.15) is 22.0 Å². The first kappa shape index (κ1) is 14.5. The molecular formula is C18H20N2O3. The van der Waals surface area contributed by atoms with Gasteiger partial charge in [0.2, 0.25) is 0 Å². The van der Waals surface area contributed by atoms with Crippen LogP contribution in [-0.4, -0.2) is 54.6 Å². The third-order valence-corrected chi connectivity index (χ3v) is 4.75. The Labute approximate surface area is 135 Å². The average Bonchev–Trinajstić information content (AvgIpc) is 3.15. The summed E-state index contributed by atoms with van der Waals surface area (Å²) in [5, 5.41) is 0. The highest BCUT2D eigenvalue weighted by Gasteiger charge is 2.37. The quantitative estimate of drug-likeness (QED) is 0.853. The van der Waals surface area contributed by atoms with Gasteiger partial charge in [0.25, 0.3) is 5.91 Å². The Morgan fingerprint density at radius 3 is 2.74 bits per heavy atom. The number of ether oxygens (including phenoxy) is 1. The zero-order chi connectivity index (χ0) is 15.6. The minimum atomic E-state index is 0.0419. The lowest BCUT2D eigenvalue weighted by atomic mass is 10.00. The highest BCUT2D eigenvalue weighted by Crippen LogP contribution is 2.29. The van der Waals surface area contributed by atoms with Crippen LogP contribution in [0.2, 0.25) is 0 Å². The molecule has 23 heavy (non-hydrogen) atoms. The Morgan fingerprint density at radius 1 is 1.09 bits per heavy atom. The van der Waals surface area contributed by atoms with Gasteiger partial charge < -0.3 is 14.1 Å². The van der Waals surface area contributed by atoms with E-state index < -0.39 is 0 Å². The van der Waals surface area contributed by atoms with Crippen molar-refractivity contribution in [2.24, 2.45) is 0 Å². The van der Waals surface area contributed by atoms with Crippen LogP contribution in [0.15, 0.2) is 53.3 Å². The number of nitrogens with zero attached hydrogens (tertiary/aromatic N) is 2. The van der Waals surface area contributed by atoms with E-state index in [4.69, 9.17) is 9.15 Å². The molecule has 1 aromatic heterocycles. The summed E-state index contributed by atoms with van der Waals surface area (Å²) in [6.07, 6.45) is 3.05. The fourth-order valence-corrected chi connectivity index (χ4v) is 3.56. The van der Waals surface area contributed by atoms with Gasteiger partial charge in [-0.15, -0.1) is 0 Å². The lowest BCUT2D eigenvalue weighted by Gasteiger charge is -2.48. The molecule has 0 unspecified atom stereocenters. The summed E-state index contributed by atoms with van der Waals surface area (Å²) in [6, 6.07) is 12.7. The molecule has 0 N–H and O–H groups in total. The second kappa shape index (κ2) is 6.18. The van der Waals surface area contributed by atoms with Crippen molar-refractivity contribution in [2.75, 3.05) is 32.8 Å². The number of hydrogen-bond acceptors (Lipinski definition) is 4. The van der Waals surface area contributed by atoms with E-state index in [2.05, 4.69) is 29.2 Å². The van der Waals surface area contributed by atoms with Crippen molar-refractivity contribution in [3.8, 4) is 0 Å². The topological polar surface area (TPSA) is 45.9 Å². The van der Waals surface area contributed by atoms with Gasteiger partial charge in [0.05, 0.1) is 37.1 Å². The summed E-state index contributed by atoms with van der Waals surface area (Å²) in [7, 11) is 0. The van der Waals surface area contributed by atoms with E-state index in [1.165, 1.54) is 11.8 Å². The first-order chi connectivity index (χ1) is 11.3. The largest absolute Gasteiger partial charge is 0.472 e. The van der Waals surface area contributed by atoms with Gasteiger partial charge in [-0.2, -0.15) is 0 Å². The Hall–Kier alpha value is -2.11. The number of furan rings is 1. The van der Waals surface area contributed by atoms with Crippen LogP contribution in [0.5, 0.6) is 0 Å². The maximum absolute atomic E-state index is 12.5. The van der Waals surface area contributed by atoms with Crippen molar-refractivity contribution >= 4 is 5.91 Å². The minimum Gasteiger partial charge on any atom is -0.472 e. The van der Waals surface area contributed by atoms with E-state index in [0.717, 1.165) is 19.7 Å². The summed E-state index contributed by atoms with van der Waals surface area (Å²) in [5.41, 5.74) is 1.90. The molecule has 2 saturated heterocycles. The maximum Gasteiger partial charge on any atom is 0.257 e. The van der Waals surface area contributed by atoms with Crippen molar-refractivity contribution in [3.63, 3.8) is 0 Å². The number of piperazine rings is 1. The number of fused-ring (bicyclic) bond motifs is 1. The molecule has 0 spiro atoms. The molecule has 0 bridgehead atoms. The molecule has 5 nitrogen and oxygen atoms in total. The standard InChI is InChI=1S/C18H20N2O3/c21-18(15-6-9-22-11-15)19-7-8-20-16(10-19)12-23-13-17(20)14-4-2-1-3-5-14/h1-6,9,11,16-17H,7-8,10,12-13H2/t16-,17-/m1/s1. The van der Waals surface area contributed by atoms with Crippen molar-refractivity contribution in [2.45, 2.75) is 12.1 Å². The highest BCUT2D eigenvalue weighted by atomic mass is 16.5. The summed E-state index contributed by atoms with van der Waals surface area (Å²) >= 11 is 0. The molecule has 1 amide bonds. The van der Waals surface area contributed by atoms with E-state index in [1.54, 1.807) is 12.3 Å². The summed E-state index contributed by atoms with van der Waals surface area (Å²) < 4.78 is 10.9. The molecule has 2 fully saturated rings. The third kappa shape index (κ3) is 2.78. The fourth-order valence-electron chi connectivity index (χ4n) is 3.56. The Morgan fingerprint density at radius 2 is 1.96 bits per heavy atom. The average molecular weight is 312 g/mol. The van der Waals surface area contributed by atoms with Crippen LogP contribution in [0, 0.1) is 0 Å². The molecule has 0 saturated carbocycles. The van der Waals surface area contributed by atoms with Crippen LogP contribution in [0.4, 0.5) is 0 Å². The monoisotopic (exact) mass is 312 g/mol. The van der Waals surface area contributed by atoms with Gasteiger partial charge in [-0.05, 0) is 11.6 Å². The van der Waals surface area contributed by atoms with Crippen molar-refractivity contribution in [1.29, 1.82) is 0 Å². The number of rotatable bonds is 2. The Kier molecular flexibility index (Phi) is 3.89. The number of hydrogen-bond donors (Lipinski definition) is 0. The molecule has 0 aliphatic carbocycles. The molecule has 2 atom stereocenters. The zero-order valence-corrected chi connectivity index (χ0v) is 12.9. The van der Waals surface area contributed by atoms with Gasteiger partial charge in [0.1, 0.15) is 6.26 Å². The number of amides is 1. The normalized spacial score (nSPS) is 25.1. The smallest absolute Gasteiger partial charge is 0.257 e. The van der Waals surface area contributed by atoms with Crippen molar-refractivity contribution in [1.82, 2.24) is 9.80 Å². The fraction of sp³-hybridized carbons (Fsp3) is 0.389. The van der Waals surface area contributed by atoms with E-state index >= 15 is 0 Å². The molecule has 2 aliphatic heterocycles. The van der Waals surface area contributed by atoms with Gasteiger partial charge in [0, 0.05) is 19.6 Å². The summed E-state index contributed by atoms with van der Waals surface area (Å²) in [5.74, 6) is 0.0419. The molecule has 2 aromatic rings. The summed E-state index contributed by atoms with van der Waals surface area (Å²) in [6.45, 7) is 3.71. The van der Waals surface area contributed by atoms with E-state index in [9.17, 15) is 4.79 Å². The lowest BCUT2D eigenvalue weighted by Crippen LogP contribution is -2.59. The number of carbonyl (C=O) groups excluding carboxylic acids is 1. The molecule has 4 rings (SSSR count). The highest BCUT2D eigenvalue weighted by molar-refractivity contribution is 5.93. The van der Waals surface area contributed by atoms with Crippen molar-refractivity contribution < 1.29 is 13.9 Å². The molecule has 1 aromatic carbocycles. The second-order valence-corrected chi connectivity index (χ2v) is 6.12. The first-order valence-electron chi connectivity index (χ1n) is 8.03. The van der Waals surface area contributed by atoms with Crippen LogP contribution < -0.4 is 0 Å². The molecule has 2 aliphatic rings. The SMILES string of the molecule is O=C(c1ccoc1)N1CCN2[C@@H](COC[C@@H]2c2ccccc2)C1. The van der Waals surface area contributed by atoms with Crippen molar-refractivity contribution in [3.05, 3.63) is 60.1 Å². The molecular weight excluding hydrogens is 292 g/mol. The van der Waals surface area contributed by atoms with Gasteiger partial charge in [-0.25, -0.2) is 0 Å². The first-order valence-corrected chi connectivity index (χ1v) is 8.03. The number of carbonyl (C=O) groups is 1. The van der Waals surface area contributed by atoms with Gasteiger partial charge in [-0.3, -0.25) is 9.69 Å². The van der Waals surface area contributed by atoms with E-state index in [-0.39, 0.29) is 18.0 Å². The van der Waals surface area contributed by atoms with Crippen LogP contribution in [0.25, 0.3) is 0 Å². The predicted molar refractivity (Wildman–Crippen MR) is 85.1 cm³/mol. The molecule has 120 valence electrons. The maximum atomic E-state index is 12.5. The van der Waals surface area contributed by atoms with Gasteiger partial charge >= 0.3 is 0 Å². The lowest BCUT2D eigenvalue weighted by molar-refractivity contribution is -0.0770. The van der Waals surface area contributed by atoms with E-state index in [0.29, 0.717) is 18.7 Å². The predicted octanol–water partition coefficient (Wildman–Crippen LogP) is 2.18. The Balaban J connectivity index is 1.49. The molecule has 5 heteroatoms. The summed E-state index contributed by atoms with van der Waals surface area (Å²) in [4.78, 5) is 16.9.